The van der Waals surface area contributed by atoms with Crippen LogP contribution in [0, 0.1) is 6.92 Å². The van der Waals surface area contributed by atoms with Crippen LogP contribution in [0.25, 0.3) is 11.0 Å². The zero-order valence-corrected chi connectivity index (χ0v) is 17.7. The molecule has 0 bridgehead atoms. The summed E-state index contributed by atoms with van der Waals surface area (Å²) >= 11 is 12.5. The molecule has 1 amide bonds. The summed E-state index contributed by atoms with van der Waals surface area (Å²) in [5.74, 6) is 0.143. The van der Waals surface area contributed by atoms with Crippen molar-refractivity contribution in [3.8, 4) is 5.88 Å². The van der Waals surface area contributed by atoms with E-state index in [1.165, 1.54) is 12.5 Å². The Kier molecular flexibility index (Phi) is 5.57. The van der Waals surface area contributed by atoms with Gasteiger partial charge in [-0.15, -0.1) is 0 Å². The fourth-order valence-electron chi connectivity index (χ4n) is 3.17. The molecule has 0 saturated heterocycles. The lowest BCUT2D eigenvalue weighted by atomic mass is 10.1. The molecule has 9 heteroatoms. The summed E-state index contributed by atoms with van der Waals surface area (Å²) in [6, 6.07) is 8.60. The van der Waals surface area contributed by atoms with E-state index >= 15 is 0 Å². The molecule has 1 N–H and O–H groups in total. The Labute approximate surface area is 182 Å². The van der Waals surface area contributed by atoms with Gasteiger partial charge in [0.1, 0.15) is 12.0 Å². The molecule has 0 aliphatic carbocycles. The molecule has 0 spiro atoms. The van der Waals surface area contributed by atoms with E-state index < -0.39 is 0 Å². The van der Waals surface area contributed by atoms with Crippen molar-refractivity contribution < 1.29 is 9.53 Å². The predicted molar refractivity (Wildman–Crippen MR) is 117 cm³/mol. The van der Waals surface area contributed by atoms with Crippen molar-refractivity contribution in [1.29, 1.82) is 0 Å². The first-order valence-corrected chi connectivity index (χ1v) is 9.77. The second-order valence-corrected chi connectivity index (χ2v) is 7.45. The zero-order valence-electron chi connectivity index (χ0n) is 16.2. The summed E-state index contributed by atoms with van der Waals surface area (Å²) in [6.45, 7) is 2.39. The van der Waals surface area contributed by atoms with Gasteiger partial charge in [-0.3, -0.25) is 4.79 Å². The molecule has 152 valence electrons. The van der Waals surface area contributed by atoms with Gasteiger partial charge in [0.25, 0.3) is 5.91 Å². The molecule has 4 rings (SSSR count). The second-order valence-electron chi connectivity index (χ2n) is 6.64. The minimum absolute atomic E-state index is 0.295. The number of nitrogens with one attached hydrogen (secondary N) is 1. The SMILES string of the molecule is COc1cc(Cn2cc(C)c3c(Cl)c(C(=O)Nc4ccc(Cl)cc4)cnc32)ncn1. The lowest BCUT2D eigenvalue weighted by Crippen LogP contribution is -2.13. The lowest BCUT2D eigenvalue weighted by Gasteiger charge is -2.09. The van der Waals surface area contributed by atoms with Gasteiger partial charge < -0.3 is 14.6 Å². The molecule has 0 atom stereocenters. The number of halogens is 2. The normalized spacial score (nSPS) is 10.9. The molecule has 4 aromatic rings. The number of ether oxygens (including phenoxy) is 1. The molecular weight excluding hydrogens is 425 g/mol. The standard InChI is InChI=1S/C21H17Cl2N5O2/c1-12-9-28(10-15-7-17(30-2)26-11-25-15)20-18(12)19(23)16(8-24-20)21(29)27-14-5-3-13(22)4-6-14/h3-9,11H,10H2,1-2H3,(H,27,29). The number of pyridine rings is 1. The van der Waals surface area contributed by atoms with Gasteiger partial charge in [-0.1, -0.05) is 23.2 Å². The van der Waals surface area contributed by atoms with E-state index in [0.29, 0.717) is 39.4 Å². The third-order valence-corrected chi connectivity index (χ3v) is 5.24. The molecule has 7 nitrogen and oxygen atoms in total. The van der Waals surface area contributed by atoms with Gasteiger partial charge in [0, 0.05) is 34.6 Å². The number of nitrogens with zero attached hydrogens (tertiary/aromatic N) is 4. The van der Waals surface area contributed by atoms with Crippen LogP contribution in [0.2, 0.25) is 10.0 Å². The first kappa shape index (κ1) is 20.1. The highest BCUT2D eigenvalue weighted by Crippen LogP contribution is 2.31. The summed E-state index contributed by atoms with van der Waals surface area (Å²) in [5.41, 5.74) is 3.25. The van der Waals surface area contributed by atoms with Crippen molar-refractivity contribution in [1.82, 2.24) is 19.5 Å². The van der Waals surface area contributed by atoms with E-state index in [4.69, 9.17) is 27.9 Å². The first-order chi connectivity index (χ1) is 14.5. The quantitative estimate of drug-likeness (QED) is 0.483. The van der Waals surface area contributed by atoms with E-state index in [-0.39, 0.29) is 5.91 Å². The van der Waals surface area contributed by atoms with Crippen molar-refractivity contribution in [2.45, 2.75) is 13.5 Å². The van der Waals surface area contributed by atoms with Crippen molar-refractivity contribution in [3.63, 3.8) is 0 Å². The number of carbonyl (C=O) groups is 1. The molecule has 30 heavy (non-hydrogen) atoms. The van der Waals surface area contributed by atoms with Gasteiger partial charge in [0.05, 0.1) is 29.9 Å². The third-order valence-electron chi connectivity index (χ3n) is 4.60. The zero-order chi connectivity index (χ0) is 21.3. The van der Waals surface area contributed by atoms with Crippen LogP contribution in [0.15, 0.2) is 49.1 Å². The van der Waals surface area contributed by atoms with E-state index in [1.54, 1.807) is 37.4 Å². The molecular formula is C21H17Cl2N5O2. The number of methoxy groups -OCH3 is 1. The van der Waals surface area contributed by atoms with Crippen LogP contribution in [0.1, 0.15) is 21.6 Å². The van der Waals surface area contributed by atoms with Gasteiger partial charge in [-0.25, -0.2) is 15.0 Å². The number of carbonyl (C=O) groups excluding carboxylic acids is 1. The smallest absolute Gasteiger partial charge is 0.258 e. The number of amides is 1. The predicted octanol–water partition coefficient (Wildman–Crippen LogP) is 4.75. The topological polar surface area (TPSA) is 81.9 Å². The summed E-state index contributed by atoms with van der Waals surface area (Å²) in [7, 11) is 1.55. The number of anilines is 1. The Morgan fingerprint density at radius 3 is 2.67 bits per heavy atom. The van der Waals surface area contributed by atoms with Crippen LogP contribution in [0.4, 0.5) is 5.69 Å². The second kappa shape index (κ2) is 8.30. The van der Waals surface area contributed by atoms with Gasteiger partial charge in [-0.05, 0) is 36.8 Å². The average Bonchev–Trinajstić information content (AvgIpc) is 3.06. The molecule has 0 unspecified atom stereocenters. The van der Waals surface area contributed by atoms with Crippen LogP contribution < -0.4 is 10.1 Å². The van der Waals surface area contributed by atoms with Crippen molar-refractivity contribution in [2.24, 2.45) is 0 Å². The fourth-order valence-corrected chi connectivity index (χ4v) is 3.66. The monoisotopic (exact) mass is 441 g/mol. The number of hydrogen-bond acceptors (Lipinski definition) is 5. The van der Waals surface area contributed by atoms with E-state index in [0.717, 1.165) is 16.6 Å². The average molecular weight is 442 g/mol. The number of benzene rings is 1. The number of fused-ring (bicyclic) bond motifs is 1. The fraction of sp³-hybridized carbons (Fsp3) is 0.143. The van der Waals surface area contributed by atoms with E-state index in [1.807, 2.05) is 17.7 Å². The Balaban J connectivity index is 1.66. The van der Waals surface area contributed by atoms with Crippen LogP contribution >= 0.6 is 23.2 Å². The third kappa shape index (κ3) is 3.94. The lowest BCUT2D eigenvalue weighted by molar-refractivity contribution is 0.102. The summed E-state index contributed by atoms with van der Waals surface area (Å²) in [4.78, 5) is 25.5. The first-order valence-electron chi connectivity index (χ1n) is 9.02. The van der Waals surface area contributed by atoms with E-state index in [9.17, 15) is 4.79 Å². The Morgan fingerprint density at radius 1 is 1.17 bits per heavy atom. The molecule has 0 aliphatic rings. The molecule has 0 aliphatic heterocycles. The molecule has 3 aromatic heterocycles. The van der Waals surface area contributed by atoms with Crippen LogP contribution in [-0.4, -0.2) is 32.5 Å². The van der Waals surface area contributed by atoms with Crippen LogP contribution in [0.5, 0.6) is 5.88 Å². The number of aryl methyl sites for hydroxylation is 1. The summed E-state index contributed by atoms with van der Waals surface area (Å²) < 4.78 is 7.08. The highest BCUT2D eigenvalue weighted by Gasteiger charge is 2.19. The minimum atomic E-state index is -0.343. The maximum absolute atomic E-state index is 12.7. The van der Waals surface area contributed by atoms with Crippen molar-refractivity contribution >= 4 is 45.8 Å². The molecule has 1 aromatic carbocycles. The highest BCUT2D eigenvalue weighted by molar-refractivity contribution is 6.39. The molecule has 0 saturated carbocycles. The molecule has 3 heterocycles. The van der Waals surface area contributed by atoms with Gasteiger partial charge in [-0.2, -0.15) is 0 Å². The number of aromatic nitrogens is 4. The maximum Gasteiger partial charge on any atom is 0.258 e. The van der Waals surface area contributed by atoms with Gasteiger partial charge in [0.2, 0.25) is 5.88 Å². The number of hydrogen-bond donors (Lipinski definition) is 1. The minimum Gasteiger partial charge on any atom is -0.481 e. The summed E-state index contributed by atoms with van der Waals surface area (Å²) in [6.07, 6.45) is 4.86. The van der Waals surface area contributed by atoms with Crippen LogP contribution in [-0.2, 0) is 6.54 Å². The molecule has 0 radical (unpaired) electrons. The van der Waals surface area contributed by atoms with Crippen molar-refractivity contribution in [3.05, 3.63) is 75.9 Å². The Hall–Kier alpha value is -3.16. The van der Waals surface area contributed by atoms with Crippen LogP contribution in [0.3, 0.4) is 0 Å². The van der Waals surface area contributed by atoms with Crippen molar-refractivity contribution in [2.75, 3.05) is 12.4 Å². The largest absolute Gasteiger partial charge is 0.481 e. The van der Waals surface area contributed by atoms with Gasteiger partial charge >= 0.3 is 0 Å². The molecule has 0 fully saturated rings. The Morgan fingerprint density at radius 2 is 1.93 bits per heavy atom. The maximum atomic E-state index is 12.7. The highest BCUT2D eigenvalue weighted by atomic mass is 35.5. The summed E-state index contributed by atoms with van der Waals surface area (Å²) in [5, 5.41) is 4.47. The van der Waals surface area contributed by atoms with E-state index in [2.05, 4.69) is 20.3 Å². The van der Waals surface area contributed by atoms with Gasteiger partial charge in [0.15, 0.2) is 0 Å². The Bertz CT molecular complexity index is 1240. The number of rotatable bonds is 5.